The molecule has 0 radical (unpaired) electrons. The Hall–Kier alpha value is -2.38. The van der Waals surface area contributed by atoms with Gasteiger partial charge in [0.1, 0.15) is 5.75 Å². The predicted molar refractivity (Wildman–Crippen MR) is 96.9 cm³/mol. The Morgan fingerprint density at radius 3 is 2.40 bits per heavy atom. The summed E-state index contributed by atoms with van der Waals surface area (Å²) >= 11 is 5.93. The largest absolute Gasteiger partial charge is 0.482 e. The van der Waals surface area contributed by atoms with Gasteiger partial charge in [0.05, 0.1) is 15.6 Å². The number of ether oxygens (including phenoxy) is 1. The van der Waals surface area contributed by atoms with Crippen molar-refractivity contribution in [3.8, 4) is 5.75 Å². The average molecular weight is 381 g/mol. The molecule has 2 aromatic carbocycles. The third-order valence-corrected chi connectivity index (χ3v) is 4.68. The number of nitrogens with zero attached hydrogens (tertiary/aromatic N) is 1. The van der Waals surface area contributed by atoms with Gasteiger partial charge in [-0.2, -0.15) is 5.10 Å². The molecule has 0 spiro atoms. The zero-order chi connectivity index (χ0) is 18.4. The minimum atomic E-state index is -3.25. The molecule has 2 aromatic rings. The maximum Gasteiger partial charge on any atom is 0.277 e. The minimum absolute atomic E-state index is 0.223. The van der Waals surface area contributed by atoms with Crippen LogP contribution in [-0.4, -0.2) is 32.9 Å². The molecule has 0 heterocycles. The Morgan fingerprint density at radius 1 is 1.16 bits per heavy atom. The fraction of sp³-hybridized carbons (Fsp3) is 0.176. The van der Waals surface area contributed by atoms with Crippen LogP contribution in [-0.2, 0) is 14.6 Å². The number of carbonyl (C=O) groups excluding carboxylic acids is 1. The first-order chi connectivity index (χ1) is 11.8. The van der Waals surface area contributed by atoms with Crippen LogP contribution in [0.2, 0.25) is 5.02 Å². The molecule has 1 amide bonds. The van der Waals surface area contributed by atoms with Gasteiger partial charge in [-0.3, -0.25) is 4.79 Å². The van der Waals surface area contributed by atoms with Gasteiger partial charge in [-0.1, -0.05) is 35.9 Å². The van der Waals surface area contributed by atoms with Crippen molar-refractivity contribution in [2.75, 3.05) is 12.9 Å². The van der Waals surface area contributed by atoms with Crippen LogP contribution in [0.25, 0.3) is 0 Å². The lowest BCUT2D eigenvalue weighted by Gasteiger charge is -2.07. The van der Waals surface area contributed by atoms with Gasteiger partial charge < -0.3 is 4.74 Å². The van der Waals surface area contributed by atoms with Gasteiger partial charge in [-0.05, 0) is 36.8 Å². The molecule has 0 aliphatic carbocycles. The summed E-state index contributed by atoms with van der Waals surface area (Å²) in [4.78, 5) is 12.0. The van der Waals surface area contributed by atoms with E-state index in [1.807, 2.05) is 0 Å². The van der Waals surface area contributed by atoms with Crippen LogP contribution in [0.4, 0.5) is 0 Å². The highest BCUT2D eigenvalue weighted by molar-refractivity contribution is 7.90. The van der Waals surface area contributed by atoms with Crippen molar-refractivity contribution in [3.63, 3.8) is 0 Å². The molecule has 0 atom stereocenters. The molecule has 0 aliphatic heterocycles. The fourth-order valence-electron chi connectivity index (χ4n) is 1.89. The molecule has 2 rings (SSSR count). The highest BCUT2D eigenvalue weighted by Crippen LogP contribution is 2.22. The maximum absolute atomic E-state index is 11.8. The number of amides is 1. The summed E-state index contributed by atoms with van der Waals surface area (Å²) in [5.74, 6) is -0.0246. The van der Waals surface area contributed by atoms with Crippen LogP contribution in [0.5, 0.6) is 5.75 Å². The molecule has 0 bridgehead atoms. The molecular weight excluding hydrogens is 364 g/mol. The zero-order valence-corrected chi connectivity index (χ0v) is 15.3. The summed E-state index contributed by atoms with van der Waals surface area (Å²) < 4.78 is 28.2. The Bertz CT molecular complexity index is 893. The number of benzene rings is 2. The lowest BCUT2D eigenvalue weighted by atomic mass is 10.1. The molecule has 0 aliphatic rings. The summed E-state index contributed by atoms with van der Waals surface area (Å²) in [6.07, 6.45) is 1.14. The number of rotatable bonds is 6. The van der Waals surface area contributed by atoms with E-state index in [2.05, 4.69) is 10.5 Å². The third-order valence-electron chi connectivity index (χ3n) is 3.24. The monoisotopic (exact) mass is 380 g/mol. The maximum atomic E-state index is 11.8. The first kappa shape index (κ1) is 19.0. The topological polar surface area (TPSA) is 84.8 Å². The fourth-order valence-corrected chi connectivity index (χ4v) is 2.71. The minimum Gasteiger partial charge on any atom is -0.482 e. The molecule has 0 saturated heterocycles. The van der Waals surface area contributed by atoms with Crippen molar-refractivity contribution in [2.24, 2.45) is 5.10 Å². The standard InChI is InChI=1S/C17H17ClN2O4S/c1-12(13-7-9-14(10-8-13)25(2,22)23)19-20-17(21)11-24-16-6-4-3-5-15(16)18/h3-10H,11H2,1-2H3,(H,20,21)/b19-12-. The summed E-state index contributed by atoms with van der Waals surface area (Å²) in [6, 6.07) is 13.1. The lowest BCUT2D eigenvalue weighted by Crippen LogP contribution is -2.25. The van der Waals surface area contributed by atoms with Crippen LogP contribution in [0.1, 0.15) is 12.5 Å². The number of sulfone groups is 1. The van der Waals surface area contributed by atoms with Gasteiger partial charge in [0.25, 0.3) is 5.91 Å². The highest BCUT2D eigenvalue weighted by Gasteiger charge is 2.08. The first-order valence-corrected chi connectivity index (χ1v) is 9.55. The van der Waals surface area contributed by atoms with E-state index in [4.69, 9.17) is 16.3 Å². The first-order valence-electron chi connectivity index (χ1n) is 7.28. The van der Waals surface area contributed by atoms with Crippen molar-refractivity contribution in [2.45, 2.75) is 11.8 Å². The SMILES string of the molecule is C/C(=N/NC(=O)COc1ccccc1Cl)c1ccc(S(C)(=O)=O)cc1. The molecule has 0 fully saturated rings. The van der Waals surface area contributed by atoms with E-state index in [0.29, 0.717) is 22.0 Å². The van der Waals surface area contributed by atoms with Crippen LogP contribution in [0.3, 0.4) is 0 Å². The normalized spacial score (nSPS) is 11.9. The van der Waals surface area contributed by atoms with E-state index >= 15 is 0 Å². The second-order valence-electron chi connectivity index (χ2n) is 5.25. The average Bonchev–Trinajstić information content (AvgIpc) is 2.58. The van der Waals surface area contributed by atoms with Crippen molar-refractivity contribution in [1.82, 2.24) is 5.43 Å². The molecule has 1 N–H and O–H groups in total. The van der Waals surface area contributed by atoms with Crippen LogP contribution in [0.15, 0.2) is 58.5 Å². The molecule has 0 saturated carbocycles. The van der Waals surface area contributed by atoms with Crippen molar-refractivity contribution < 1.29 is 17.9 Å². The number of hydrazone groups is 1. The van der Waals surface area contributed by atoms with Gasteiger partial charge in [0.2, 0.25) is 0 Å². The van der Waals surface area contributed by atoms with Gasteiger partial charge >= 0.3 is 0 Å². The number of hydrogen-bond acceptors (Lipinski definition) is 5. The van der Waals surface area contributed by atoms with Crippen LogP contribution in [0, 0.1) is 0 Å². The summed E-state index contributed by atoms with van der Waals surface area (Å²) in [7, 11) is -3.25. The van der Waals surface area contributed by atoms with E-state index in [0.717, 1.165) is 6.26 Å². The van der Waals surface area contributed by atoms with E-state index < -0.39 is 15.7 Å². The summed E-state index contributed by atoms with van der Waals surface area (Å²) in [5, 5.41) is 4.39. The Kier molecular flexibility index (Phi) is 6.17. The van der Waals surface area contributed by atoms with Crippen molar-refractivity contribution in [1.29, 1.82) is 0 Å². The van der Waals surface area contributed by atoms with Gasteiger partial charge in [0, 0.05) is 6.26 Å². The quantitative estimate of drug-likeness (QED) is 0.616. The van der Waals surface area contributed by atoms with Crippen molar-refractivity contribution in [3.05, 3.63) is 59.1 Å². The van der Waals surface area contributed by atoms with Crippen LogP contribution >= 0.6 is 11.6 Å². The second-order valence-corrected chi connectivity index (χ2v) is 7.67. The van der Waals surface area contributed by atoms with E-state index in [1.165, 1.54) is 12.1 Å². The molecule has 8 heteroatoms. The highest BCUT2D eigenvalue weighted by atomic mass is 35.5. The van der Waals surface area contributed by atoms with E-state index in [1.54, 1.807) is 43.3 Å². The zero-order valence-electron chi connectivity index (χ0n) is 13.7. The second kappa shape index (κ2) is 8.13. The third kappa shape index (κ3) is 5.58. The molecule has 0 unspecified atom stereocenters. The number of nitrogens with one attached hydrogen (secondary N) is 1. The van der Waals surface area contributed by atoms with Crippen LogP contribution < -0.4 is 10.2 Å². The smallest absolute Gasteiger partial charge is 0.277 e. The molecular formula is C17H17ClN2O4S. The number of para-hydroxylation sites is 1. The van der Waals surface area contributed by atoms with Gasteiger partial charge in [-0.15, -0.1) is 0 Å². The van der Waals surface area contributed by atoms with E-state index in [9.17, 15) is 13.2 Å². The number of halogens is 1. The Balaban J connectivity index is 1.94. The Morgan fingerprint density at radius 2 is 1.80 bits per heavy atom. The number of carbonyl (C=O) groups is 1. The summed E-state index contributed by atoms with van der Waals surface area (Å²) in [5.41, 5.74) is 3.61. The molecule has 132 valence electrons. The summed E-state index contributed by atoms with van der Waals surface area (Å²) in [6.45, 7) is 1.47. The molecule has 25 heavy (non-hydrogen) atoms. The van der Waals surface area contributed by atoms with Gasteiger partial charge in [-0.25, -0.2) is 13.8 Å². The van der Waals surface area contributed by atoms with E-state index in [-0.39, 0.29) is 11.5 Å². The van der Waals surface area contributed by atoms with Crippen molar-refractivity contribution >= 4 is 33.1 Å². The Labute approximate surface area is 151 Å². The predicted octanol–water partition coefficient (Wildman–Crippen LogP) is 2.66. The number of hydrogen-bond donors (Lipinski definition) is 1. The molecule has 6 nitrogen and oxygen atoms in total. The molecule has 0 aromatic heterocycles. The van der Waals surface area contributed by atoms with Gasteiger partial charge in [0.15, 0.2) is 16.4 Å². The lowest BCUT2D eigenvalue weighted by molar-refractivity contribution is -0.123.